The predicted molar refractivity (Wildman–Crippen MR) is 87.5 cm³/mol. The van der Waals surface area contributed by atoms with Crippen molar-refractivity contribution in [3.8, 4) is 0 Å². The quantitative estimate of drug-likeness (QED) is 0.391. The van der Waals surface area contributed by atoms with Gasteiger partial charge in [0.2, 0.25) is 5.41 Å². The van der Waals surface area contributed by atoms with Crippen molar-refractivity contribution in [1.29, 1.82) is 0 Å². The van der Waals surface area contributed by atoms with E-state index in [9.17, 15) is 26.3 Å². The van der Waals surface area contributed by atoms with Crippen LogP contribution in [0.5, 0.6) is 0 Å². The Bertz CT molecular complexity index is 633. The first-order valence-electron chi connectivity index (χ1n) is 8.01. The van der Waals surface area contributed by atoms with E-state index in [4.69, 9.17) is 0 Å². The third-order valence-electron chi connectivity index (χ3n) is 4.18. The highest BCUT2D eigenvalue weighted by molar-refractivity contribution is 5.48. The third-order valence-corrected chi connectivity index (χ3v) is 4.18. The molecule has 25 heavy (non-hydrogen) atoms. The minimum atomic E-state index is -5.54. The van der Waals surface area contributed by atoms with Crippen molar-refractivity contribution in [3.05, 3.63) is 58.7 Å². The van der Waals surface area contributed by atoms with Crippen LogP contribution in [0.25, 0.3) is 0 Å². The van der Waals surface area contributed by atoms with E-state index in [1.54, 1.807) is 13.8 Å². The van der Waals surface area contributed by atoms with Crippen molar-refractivity contribution >= 4 is 0 Å². The van der Waals surface area contributed by atoms with Crippen LogP contribution in [0, 0.1) is 13.8 Å². The summed E-state index contributed by atoms with van der Waals surface area (Å²) in [6, 6.07) is 3.20. The fraction of sp³-hybridized carbons (Fsp3) is 0.474. The number of allylic oxidation sites excluding steroid dienone is 4. The average Bonchev–Trinajstić information content (AvgIpc) is 2.46. The van der Waals surface area contributed by atoms with Gasteiger partial charge in [0, 0.05) is 0 Å². The molecule has 1 aromatic carbocycles. The molecule has 0 amide bonds. The van der Waals surface area contributed by atoms with Gasteiger partial charge in [-0.1, -0.05) is 50.3 Å². The van der Waals surface area contributed by atoms with Gasteiger partial charge in [-0.2, -0.15) is 26.3 Å². The van der Waals surface area contributed by atoms with Crippen LogP contribution in [0.2, 0.25) is 0 Å². The first-order valence-corrected chi connectivity index (χ1v) is 8.01. The first-order chi connectivity index (χ1) is 11.4. The van der Waals surface area contributed by atoms with Crippen molar-refractivity contribution < 1.29 is 26.3 Å². The average molecular weight is 364 g/mol. The summed E-state index contributed by atoms with van der Waals surface area (Å²) in [7, 11) is 0. The number of aryl methyl sites for hydroxylation is 2. The summed E-state index contributed by atoms with van der Waals surface area (Å²) in [5, 5.41) is 0. The topological polar surface area (TPSA) is 0 Å². The molecule has 0 nitrogen and oxygen atoms in total. The van der Waals surface area contributed by atoms with Crippen LogP contribution < -0.4 is 0 Å². The van der Waals surface area contributed by atoms with Crippen molar-refractivity contribution in [1.82, 2.24) is 0 Å². The van der Waals surface area contributed by atoms with Crippen molar-refractivity contribution in [2.75, 3.05) is 0 Å². The molecule has 0 spiro atoms. The predicted octanol–water partition coefficient (Wildman–Crippen LogP) is 6.97. The second-order valence-electron chi connectivity index (χ2n) is 5.92. The minimum absolute atomic E-state index is 0.0577. The Morgan fingerprint density at radius 3 is 1.84 bits per heavy atom. The molecule has 0 unspecified atom stereocenters. The third kappa shape index (κ3) is 3.93. The highest BCUT2D eigenvalue weighted by Gasteiger charge is 2.72. The summed E-state index contributed by atoms with van der Waals surface area (Å²) in [6.45, 7) is 6.31. The molecule has 0 saturated heterocycles. The molecule has 0 bridgehead atoms. The molecule has 0 heterocycles. The lowest BCUT2D eigenvalue weighted by Crippen LogP contribution is -2.55. The number of benzene rings is 1. The molecule has 0 N–H and O–H groups in total. The maximum Gasteiger partial charge on any atom is 0.411 e. The highest BCUT2D eigenvalue weighted by atomic mass is 19.4. The Morgan fingerprint density at radius 1 is 0.880 bits per heavy atom. The van der Waals surface area contributed by atoms with Crippen LogP contribution >= 0.6 is 0 Å². The lowest BCUT2D eigenvalue weighted by atomic mass is 9.71. The van der Waals surface area contributed by atoms with Gasteiger partial charge < -0.3 is 0 Å². The van der Waals surface area contributed by atoms with Gasteiger partial charge >= 0.3 is 12.4 Å². The van der Waals surface area contributed by atoms with Crippen molar-refractivity contribution in [3.63, 3.8) is 0 Å². The lowest BCUT2D eigenvalue weighted by Gasteiger charge is -2.39. The van der Waals surface area contributed by atoms with Crippen molar-refractivity contribution in [2.24, 2.45) is 0 Å². The van der Waals surface area contributed by atoms with E-state index in [1.165, 1.54) is 26.0 Å². The molecule has 6 heteroatoms. The zero-order valence-corrected chi connectivity index (χ0v) is 14.6. The van der Waals surface area contributed by atoms with Crippen LogP contribution in [0.3, 0.4) is 0 Å². The van der Waals surface area contributed by atoms with Gasteiger partial charge in [-0.25, -0.2) is 0 Å². The zero-order chi connectivity index (χ0) is 19.5. The smallest absolute Gasteiger partial charge is 0.169 e. The molecule has 0 atom stereocenters. The molecule has 140 valence electrons. The molecule has 0 aromatic heterocycles. The number of alkyl halides is 6. The van der Waals surface area contributed by atoms with E-state index in [2.05, 4.69) is 0 Å². The summed E-state index contributed by atoms with van der Waals surface area (Å²) < 4.78 is 84.0. The maximum absolute atomic E-state index is 14.0. The number of hydrogen-bond acceptors (Lipinski definition) is 0. The van der Waals surface area contributed by atoms with Crippen LogP contribution in [0.1, 0.15) is 43.4 Å². The summed E-state index contributed by atoms with van der Waals surface area (Å²) in [4.78, 5) is 0. The molecule has 0 fully saturated rings. The van der Waals surface area contributed by atoms with Crippen LogP contribution in [-0.2, 0) is 5.41 Å². The van der Waals surface area contributed by atoms with Crippen LogP contribution in [-0.4, -0.2) is 12.4 Å². The monoisotopic (exact) mass is 364 g/mol. The Balaban J connectivity index is 3.96. The Hall–Kier alpha value is -1.72. The van der Waals surface area contributed by atoms with Crippen molar-refractivity contribution in [2.45, 2.75) is 58.3 Å². The van der Waals surface area contributed by atoms with Crippen LogP contribution in [0.4, 0.5) is 26.3 Å². The van der Waals surface area contributed by atoms with E-state index in [-0.39, 0.29) is 6.42 Å². The molecule has 0 radical (unpaired) electrons. The fourth-order valence-corrected chi connectivity index (χ4v) is 2.77. The fourth-order valence-electron chi connectivity index (χ4n) is 2.77. The molecule has 0 aliphatic rings. The second kappa shape index (κ2) is 7.67. The second-order valence-corrected chi connectivity index (χ2v) is 5.92. The summed E-state index contributed by atoms with van der Waals surface area (Å²) in [5.74, 6) is 0. The Kier molecular flexibility index (Phi) is 6.54. The summed E-state index contributed by atoms with van der Waals surface area (Å²) >= 11 is 0. The molecule has 0 saturated carbocycles. The normalized spacial score (nSPS) is 14.4. The first kappa shape index (κ1) is 21.3. The summed E-state index contributed by atoms with van der Waals surface area (Å²) in [6.07, 6.45) is -7.42. The molecular formula is C19H22F6. The van der Waals surface area contributed by atoms with Gasteiger partial charge in [-0.3, -0.25) is 0 Å². The highest BCUT2D eigenvalue weighted by Crippen LogP contribution is 2.57. The van der Waals surface area contributed by atoms with Gasteiger partial charge in [0.15, 0.2) is 0 Å². The van der Waals surface area contributed by atoms with Gasteiger partial charge in [0.05, 0.1) is 0 Å². The largest absolute Gasteiger partial charge is 0.411 e. The van der Waals surface area contributed by atoms with Crippen LogP contribution in [0.15, 0.2) is 42.0 Å². The van der Waals surface area contributed by atoms with E-state index in [1.807, 2.05) is 0 Å². The van der Waals surface area contributed by atoms with Gasteiger partial charge in [-0.05, 0) is 49.0 Å². The molecule has 0 aliphatic carbocycles. The molecule has 1 rings (SSSR count). The van der Waals surface area contributed by atoms with Gasteiger partial charge in [-0.15, -0.1) is 0 Å². The maximum atomic E-state index is 14.0. The zero-order valence-electron chi connectivity index (χ0n) is 14.6. The number of halogens is 6. The van der Waals surface area contributed by atoms with Gasteiger partial charge in [0.25, 0.3) is 0 Å². The van der Waals surface area contributed by atoms with E-state index >= 15 is 0 Å². The molecular weight excluding hydrogens is 342 g/mol. The minimum Gasteiger partial charge on any atom is -0.169 e. The number of hydrogen-bond donors (Lipinski definition) is 0. The molecule has 1 aromatic rings. The summed E-state index contributed by atoms with van der Waals surface area (Å²) in [5.41, 5.74) is -4.64. The Morgan fingerprint density at radius 2 is 1.44 bits per heavy atom. The van der Waals surface area contributed by atoms with E-state index < -0.39 is 28.9 Å². The SMILES string of the molecule is CC/C=C\C(=C/CC)C(c1ccc(C)c(C)c1)(C(F)(F)F)C(F)(F)F. The standard InChI is InChI=1S/C19H22F6/c1-5-7-9-15(8-6-2)17(18(20,21)22,19(23,24)25)16-11-10-13(3)14(4)12-16/h7-12H,5-6H2,1-4H3/b9-7-,15-8+. The van der Waals surface area contributed by atoms with E-state index in [0.717, 1.165) is 24.3 Å². The van der Waals surface area contributed by atoms with E-state index in [0.29, 0.717) is 17.5 Å². The van der Waals surface area contributed by atoms with Gasteiger partial charge in [0.1, 0.15) is 0 Å². The lowest BCUT2D eigenvalue weighted by molar-refractivity contribution is -0.289. The Labute approximate surface area is 144 Å². The molecule has 0 aliphatic heterocycles. The number of rotatable bonds is 5.